The molecule has 1 saturated heterocycles. The van der Waals surface area contributed by atoms with Crippen LogP contribution in [0, 0.1) is 18.7 Å². The predicted octanol–water partition coefficient (Wildman–Crippen LogP) is 2.37. The summed E-state index contributed by atoms with van der Waals surface area (Å²) in [5.41, 5.74) is 6.90. The number of hydrogen-bond acceptors (Lipinski definition) is 2. The first-order chi connectivity index (χ1) is 8.49. The van der Waals surface area contributed by atoms with E-state index in [1.165, 1.54) is 6.07 Å². The van der Waals surface area contributed by atoms with Crippen LogP contribution in [0.15, 0.2) is 18.2 Å². The van der Waals surface area contributed by atoms with Crippen molar-refractivity contribution >= 4 is 18.3 Å². The van der Waals surface area contributed by atoms with E-state index in [1.54, 1.807) is 24.0 Å². The molecule has 2 rings (SSSR count). The monoisotopic (exact) mass is 286 g/mol. The third-order valence-corrected chi connectivity index (χ3v) is 3.68. The van der Waals surface area contributed by atoms with Crippen molar-refractivity contribution in [1.29, 1.82) is 0 Å². The summed E-state index contributed by atoms with van der Waals surface area (Å²) in [6.45, 7) is 5.03. The second-order valence-electron chi connectivity index (χ2n) is 5.14. The van der Waals surface area contributed by atoms with Crippen LogP contribution in [0.2, 0.25) is 0 Å². The molecular weight excluding hydrogens is 267 g/mol. The molecule has 0 aliphatic carbocycles. The van der Waals surface area contributed by atoms with Crippen LogP contribution in [0.4, 0.5) is 4.39 Å². The standard InChI is InChI=1S/C14H19FN2O.ClH/c1-9-3-4-11(7-12(9)15)14(18)17-6-5-13(16)10(2)8-17;/h3-4,7,10,13H,5-6,8,16H2,1-2H3;1H. The van der Waals surface area contributed by atoms with Crippen molar-refractivity contribution in [3.63, 3.8) is 0 Å². The van der Waals surface area contributed by atoms with Gasteiger partial charge in [-0.2, -0.15) is 0 Å². The van der Waals surface area contributed by atoms with Crippen molar-refractivity contribution in [2.24, 2.45) is 11.7 Å². The Hall–Kier alpha value is -1.13. The molecule has 2 atom stereocenters. The summed E-state index contributed by atoms with van der Waals surface area (Å²) < 4.78 is 13.5. The van der Waals surface area contributed by atoms with Crippen LogP contribution in [0.5, 0.6) is 0 Å². The van der Waals surface area contributed by atoms with Crippen molar-refractivity contribution in [2.75, 3.05) is 13.1 Å². The molecule has 1 heterocycles. The number of amides is 1. The second-order valence-corrected chi connectivity index (χ2v) is 5.14. The molecule has 3 nitrogen and oxygen atoms in total. The molecule has 2 unspecified atom stereocenters. The molecule has 1 aromatic carbocycles. The first-order valence-electron chi connectivity index (χ1n) is 6.30. The van der Waals surface area contributed by atoms with Gasteiger partial charge in [-0.3, -0.25) is 4.79 Å². The molecule has 1 aromatic rings. The van der Waals surface area contributed by atoms with Crippen molar-refractivity contribution in [3.8, 4) is 0 Å². The van der Waals surface area contributed by atoms with Crippen LogP contribution in [0.3, 0.4) is 0 Å². The number of nitrogens with two attached hydrogens (primary N) is 1. The van der Waals surface area contributed by atoms with Crippen molar-refractivity contribution < 1.29 is 9.18 Å². The molecule has 0 spiro atoms. The van der Waals surface area contributed by atoms with E-state index in [0.717, 1.165) is 6.42 Å². The average Bonchev–Trinajstić information content (AvgIpc) is 2.35. The molecule has 1 fully saturated rings. The Labute approximate surface area is 119 Å². The Morgan fingerprint density at radius 3 is 2.74 bits per heavy atom. The summed E-state index contributed by atoms with van der Waals surface area (Å²) in [7, 11) is 0. The van der Waals surface area contributed by atoms with Crippen LogP contribution in [-0.2, 0) is 0 Å². The Bertz CT molecular complexity index is 467. The fraction of sp³-hybridized carbons (Fsp3) is 0.500. The molecular formula is C14H20ClFN2O. The molecule has 0 radical (unpaired) electrons. The molecule has 19 heavy (non-hydrogen) atoms. The third-order valence-electron chi connectivity index (χ3n) is 3.68. The van der Waals surface area contributed by atoms with Gasteiger partial charge in [0.15, 0.2) is 0 Å². The lowest BCUT2D eigenvalue weighted by Gasteiger charge is -2.35. The number of likely N-dealkylation sites (tertiary alicyclic amines) is 1. The van der Waals surface area contributed by atoms with Gasteiger partial charge in [0.1, 0.15) is 5.82 Å². The van der Waals surface area contributed by atoms with E-state index >= 15 is 0 Å². The first kappa shape index (κ1) is 15.9. The summed E-state index contributed by atoms with van der Waals surface area (Å²) in [5, 5.41) is 0. The molecule has 0 bridgehead atoms. The normalized spacial score (nSPS) is 22.8. The predicted molar refractivity (Wildman–Crippen MR) is 76.0 cm³/mol. The maximum atomic E-state index is 13.5. The summed E-state index contributed by atoms with van der Waals surface area (Å²) in [4.78, 5) is 14.0. The number of carbonyl (C=O) groups excluding carboxylic acids is 1. The number of benzene rings is 1. The summed E-state index contributed by atoms with van der Waals surface area (Å²) in [5.74, 6) is -0.145. The fourth-order valence-electron chi connectivity index (χ4n) is 2.26. The van der Waals surface area contributed by atoms with Crippen LogP contribution in [0.1, 0.15) is 29.3 Å². The van der Waals surface area contributed by atoms with Gasteiger partial charge in [0, 0.05) is 24.7 Å². The molecule has 2 N–H and O–H groups in total. The first-order valence-corrected chi connectivity index (χ1v) is 6.30. The molecule has 0 saturated carbocycles. The summed E-state index contributed by atoms with van der Waals surface area (Å²) in [6.07, 6.45) is 0.807. The highest BCUT2D eigenvalue weighted by Gasteiger charge is 2.27. The highest BCUT2D eigenvalue weighted by molar-refractivity contribution is 5.94. The SMILES string of the molecule is Cc1ccc(C(=O)N2CCC(N)C(C)C2)cc1F.Cl. The van der Waals surface area contributed by atoms with Gasteiger partial charge in [-0.25, -0.2) is 4.39 Å². The van der Waals surface area contributed by atoms with E-state index in [9.17, 15) is 9.18 Å². The topological polar surface area (TPSA) is 46.3 Å². The summed E-state index contributed by atoms with van der Waals surface area (Å²) in [6, 6.07) is 4.79. The average molecular weight is 287 g/mol. The van der Waals surface area contributed by atoms with Crippen molar-refractivity contribution in [3.05, 3.63) is 35.1 Å². The number of halogens is 2. The zero-order chi connectivity index (χ0) is 13.3. The van der Waals surface area contributed by atoms with Crippen LogP contribution in [-0.4, -0.2) is 29.9 Å². The Kier molecular flexibility index (Phi) is 5.32. The number of piperidine rings is 1. The highest BCUT2D eigenvalue weighted by atomic mass is 35.5. The lowest BCUT2D eigenvalue weighted by Crippen LogP contribution is -2.48. The minimum absolute atomic E-state index is 0. The molecule has 1 aliphatic rings. The Morgan fingerprint density at radius 1 is 1.47 bits per heavy atom. The van der Waals surface area contributed by atoms with Gasteiger partial charge in [0.05, 0.1) is 0 Å². The largest absolute Gasteiger partial charge is 0.338 e. The van der Waals surface area contributed by atoms with E-state index in [0.29, 0.717) is 24.2 Å². The number of aryl methyl sites for hydroxylation is 1. The zero-order valence-corrected chi connectivity index (χ0v) is 12.0. The van der Waals surface area contributed by atoms with Crippen molar-refractivity contribution in [2.45, 2.75) is 26.3 Å². The van der Waals surface area contributed by atoms with Crippen LogP contribution < -0.4 is 5.73 Å². The van der Waals surface area contributed by atoms with Gasteiger partial charge in [0.25, 0.3) is 5.91 Å². The van der Waals surface area contributed by atoms with Gasteiger partial charge < -0.3 is 10.6 Å². The zero-order valence-electron chi connectivity index (χ0n) is 11.2. The van der Waals surface area contributed by atoms with Crippen LogP contribution >= 0.6 is 12.4 Å². The highest BCUT2D eigenvalue weighted by Crippen LogP contribution is 2.18. The quantitative estimate of drug-likeness (QED) is 0.861. The third kappa shape index (κ3) is 3.45. The fourth-order valence-corrected chi connectivity index (χ4v) is 2.26. The van der Waals surface area contributed by atoms with E-state index in [1.807, 2.05) is 6.92 Å². The van der Waals surface area contributed by atoms with Crippen LogP contribution in [0.25, 0.3) is 0 Å². The summed E-state index contributed by atoms with van der Waals surface area (Å²) >= 11 is 0. The van der Waals surface area contributed by atoms with Gasteiger partial charge in [0.2, 0.25) is 0 Å². The molecule has 0 aromatic heterocycles. The lowest BCUT2D eigenvalue weighted by molar-refractivity contribution is 0.0663. The number of rotatable bonds is 1. The lowest BCUT2D eigenvalue weighted by atomic mass is 9.94. The van der Waals surface area contributed by atoms with Gasteiger partial charge in [-0.1, -0.05) is 13.0 Å². The smallest absolute Gasteiger partial charge is 0.253 e. The number of hydrogen-bond donors (Lipinski definition) is 1. The van der Waals surface area contributed by atoms with Gasteiger partial charge in [-0.05, 0) is 37.0 Å². The molecule has 1 aliphatic heterocycles. The molecule has 5 heteroatoms. The minimum atomic E-state index is -0.331. The Balaban J connectivity index is 0.00000180. The Morgan fingerprint density at radius 2 is 2.16 bits per heavy atom. The number of carbonyl (C=O) groups is 1. The van der Waals surface area contributed by atoms with E-state index in [-0.39, 0.29) is 36.1 Å². The maximum Gasteiger partial charge on any atom is 0.253 e. The molecule has 1 amide bonds. The van der Waals surface area contributed by atoms with E-state index in [4.69, 9.17) is 5.73 Å². The number of nitrogens with zero attached hydrogens (tertiary/aromatic N) is 1. The second kappa shape index (κ2) is 6.35. The van der Waals surface area contributed by atoms with E-state index < -0.39 is 0 Å². The maximum absolute atomic E-state index is 13.5. The van der Waals surface area contributed by atoms with Gasteiger partial charge in [-0.15, -0.1) is 12.4 Å². The molecule has 106 valence electrons. The minimum Gasteiger partial charge on any atom is -0.338 e. The van der Waals surface area contributed by atoms with Crippen molar-refractivity contribution in [1.82, 2.24) is 4.90 Å². The van der Waals surface area contributed by atoms with E-state index in [2.05, 4.69) is 0 Å². The van der Waals surface area contributed by atoms with Gasteiger partial charge >= 0.3 is 0 Å².